The van der Waals surface area contributed by atoms with E-state index in [9.17, 15) is 9.59 Å². The molecule has 26 heavy (non-hydrogen) atoms. The van der Waals surface area contributed by atoms with E-state index in [1.165, 1.54) is 6.08 Å². The molecule has 3 aromatic rings. The maximum Gasteiger partial charge on any atom is 0.343 e. The van der Waals surface area contributed by atoms with Crippen molar-refractivity contribution in [3.8, 4) is 5.75 Å². The Labute approximate surface area is 156 Å². The molecule has 0 saturated carbocycles. The lowest BCUT2D eigenvalue weighted by atomic mass is 10.1. The Hall–Kier alpha value is -3.17. The minimum Gasteiger partial charge on any atom is -0.422 e. The summed E-state index contributed by atoms with van der Waals surface area (Å²) in [5, 5.41) is 0.573. The van der Waals surface area contributed by atoms with Gasteiger partial charge >= 0.3 is 5.97 Å². The molecular weight excluding hydrogens is 348 g/mol. The number of allylic oxidation sites excluding steroid dienone is 1. The fourth-order valence-electron chi connectivity index (χ4n) is 2.32. The molecule has 0 heterocycles. The molecule has 0 aliphatic heterocycles. The van der Waals surface area contributed by atoms with Crippen molar-refractivity contribution >= 4 is 29.4 Å². The molecule has 0 aliphatic carbocycles. The van der Waals surface area contributed by atoms with Crippen LogP contribution in [0.4, 0.5) is 0 Å². The molecule has 0 unspecified atom stereocenters. The molecule has 0 bridgehead atoms. The third-order valence-electron chi connectivity index (χ3n) is 3.67. The average molecular weight is 363 g/mol. The zero-order valence-electron chi connectivity index (χ0n) is 13.8. The number of benzene rings is 3. The van der Waals surface area contributed by atoms with Gasteiger partial charge in [0.2, 0.25) is 0 Å². The summed E-state index contributed by atoms with van der Waals surface area (Å²) in [6.07, 6.45) is 3.07. The Morgan fingerprint density at radius 2 is 1.42 bits per heavy atom. The lowest BCUT2D eigenvalue weighted by Crippen LogP contribution is -2.08. The van der Waals surface area contributed by atoms with Crippen LogP contribution < -0.4 is 4.74 Å². The molecule has 3 nitrogen and oxygen atoms in total. The van der Waals surface area contributed by atoms with Crippen molar-refractivity contribution in [1.29, 1.82) is 0 Å². The highest BCUT2D eigenvalue weighted by Gasteiger charge is 2.10. The zero-order chi connectivity index (χ0) is 18.4. The van der Waals surface area contributed by atoms with E-state index in [0.29, 0.717) is 27.5 Å². The molecule has 0 fully saturated rings. The number of hydrogen-bond donors (Lipinski definition) is 0. The minimum absolute atomic E-state index is 0.161. The number of halogens is 1. The van der Waals surface area contributed by atoms with Crippen LogP contribution in [0.2, 0.25) is 5.02 Å². The first-order valence-corrected chi connectivity index (χ1v) is 8.35. The van der Waals surface area contributed by atoms with E-state index >= 15 is 0 Å². The second-order valence-electron chi connectivity index (χ2n) is 5.50. The molecule has 0 aliphatic rings. The average Bonchev–Trinajstić information content (AvgIpc) is 2.68. The van der Waals surface area contributed by atoms with Crippen LogP contribution in [-0.4, -0.2) is 11.8 Å². The maximum absolute atomic E-state index is 12.2. The molecule has 0 spiro atoms. The maximum atomic E-state index is 12.2. The largest absolute Gasteiger partial charge is 0.422 e. The summed E-state index contributed by atoms with van der Waals surface area (Å²) in [6, 6.07) is 22.4. The predicted octanol–water partition coefficient (Wildman–Crippen LogP) is 5.46. The quantitative estimate of drug-likeness (QED) is 0.262. The first-order chi connectivity index (χ1) is 12.6. The summed E-state index contributed by atoms with van der Waals surface area (Å²) in [7, 11) is 0. The first kappa shape index (κ1) is 17.6. The van der Waals surface area contributed by atoms with Crippen LogP contribution in [0.1, 0.15) is 26.3 Å². The van der Waals surface area contributed by atoms with Crippen LogP contribution in [0.3, 0.4) is 0 Å². The first-order valence-electron chi connectivity index (χ1n) is 7.98. The summed E-state index contributed by atoms with van der Waals surface area (Å²) in [6.45, 7) is 0. The second kappa shape index (κ2) is 8.28. The SMILES string of the molecule is O=C(C=Cc1ccccc1OC(=O)c1ccccc1)c1ccc(Cl)cc1. The van der Waals surface area contributed by atoms with Gasteiger partial charge in [-0.05, 0) is 54.6 Å². The Balaban J connectivity index is 1.77. The van der Waals surface area contributed by atoms with Crippen LogP contribution in [-0.2, 0) is 0 Å². The summed E-state index contributed by atoms with van der Waals surface area (Å²) in [5.41, 5.74) is 1.63. The number of ketones is 1. The van der Waals surface area contributed by atoms with Crippen molar-refractivity contribution in [2.75, 3.05) is 0 Å². The monoisotopic (exact) mass is 362 g/mol. The van der Waals surface area contributed by atoms with Crippen LogP contribution in [0.5, 0.6) is 5.75 Å². The topological polar surface area (TPSA) is 43.4 Å². The molecule has 0 atom stereocenters. The summed E-state index contributed by atoms with van der Waals surface area (Å²) in [4.78, 5) is 24.5. The van der Waals surface area contributed by atoms with Crippen molar-refractivity contribution in [1.82, 2.24) is 0 Å². The van der Waals surface area contributed by atoms with Crippen LogP contribution in [0.25, 0.3) is 6.08 Å². The number of para-hydroxylation sites is 1. The molecular formula is C22H15ClO3. The molecule has 128 valence electrons. The summed E-state index contributed by atoms with van der Waals surface area (Å²) in [5.74, 6) is -0.220. The molecule has 3 rings (SSSR count). The number of hydrogen-bond acceptors (Lipinski definition) is 3. The van der Waals surface area contributed by atoms with Crippen LogP contribution in [0, 0.1) is 0 Å². The standard InChI is InChI=1S/C22H15ClO3/c23-19-13-10-16(11-14-19)20(24)15-12-17-6-4-5-9-21(17)26-22(25)18-7-2-1-3-8-18/h1-15H. The zero-order valence-corrected chi connectivity index (χ0v) is 14.5. The van der Waals surface area contributed by atoms with E-state index in [1.807, 2.05) is 12.1 Å². The fraction of sp³-hybridized carbons (Fsp3) is 0. The van der Waals surface area contributed by atoms with E-state index < -0.39 is 5.97 Å². The van der Waals surface area contributed by atoms with Crippen molar-refractivity contribution in [2.45, 2.75) is 0 Å². The van der Waals surface area contributed by atoms with Gasteiger partial charge in [-0.25, -0.2) is 4.79 Å². The van der Waals surface area contributed by atoms with Gasteiger partial charge in [-0.15, -0.1) is 0 Å². The molecule has 0 saturated heterocycles. The number of carbonyl (C=O) groups excluding carboxylic acids is 2. The van der Waals surface area contributed by atoms with Gasteiger partial charge in [-0.3, -0.25) is 4.79 Å². The van der Waals surface area contributed by atoms with Crippen molar-refractivity contribution in [3.05, 3.63) is 107 Å². The Kier molecular flexibility index (Phi) is 5.62. The van der Waals surface area contributed by atoms with E-state index in [2.05, 4.69) is 0 Å². The molecule has 0 aromatic heterocycles. The summed E-state index contributed by atoms with van der Waals surface area (Å²) >= 11 is 5.83. The Morgan fingerprint density at radius 1 is 0.769 bits per heavy atom. The number of rotatable bonds is 5. The van der Waals surface area contributed by atoms with Gasteiger partial charge in [-0.2, -0.15) is 0 Å². The minimum atomic E-state index is -0.449. The predicted molar refractivity (Wildman–Crippen MR) is 103 cm³/mol. The number of carbonyl (C=O) groups is 2. The van der Waals surface area contributed by atoms with Gasteiger partial charge in [0.05, 0.1) is 5.56 Å². The van der Waals surface area contributed by atoms with E-state index in [4.69, 9.17) is 16.3 Å². The highest BCUT2D eigenvalue weighted by Crippen LogP contribution is 2.21. The molecule has 0 radical (unpaired) electrons. The highest BCUT2D eigenvalue weighted by atomic mass is 35.5. The molecule has 4 heteroatoms. The third kappa shape index (κ3) is 4.47. The second-order valence-corrected chi connectivity index (χ2v) is 5.93. The van der Waals surface area contributed by atoms with Gasteiger partial charge in [0.25, 0.3) is 0 Å². The molecule has 0 amide bonds. The van der Waals surface area contributed by atoms with Gasteiger partial charge < -0.3 is 4.74 Å². The van der Waals surface area contributed by atoms with Gasteiger partial charge in [0, 0.05) is 16.1 Å². The van der Waals surface area contributed by atoms with E-state index in [0.717, 1.165) is 0 Å². The van der Waals surface area contributed by atoms with Gasteiger partial charge in [0.1, 0.15) is 5.75 Å². The van der Waals surface area contributed by atoms with Crippen molar-refractivity contribution in [3.63, 3.8) is 0 Å². The van der Waals surface area contributed by atoms with Crippen molar-refractivity contribution in [2.24, 2.45) is 0 Å². The third-order valence-corrected chi connectivity index (χ3v) is 3.93. The van der Waals surface area contributed by atoms with Crippen LogP contribution in [0.15, 0.2) is 84.9 Å². The molecule has 3 aromatic carbocycles. The van der Waals surface area contributed by atoms with Crippen LogP contribution >= 0.6 is 11.6 Å². The normalized spacial score (nSPS) is 10.7. The van der Waals surface area contributed by atoms with Gasteiger partial charge in [0.15, 0.2) is 5.78 Å². The lowest BCUT2D eigenvalue weighted by molar-refractivity contribution is 0.0734. The summed E-state index contributed by atoms with van der Waals surface area (Å²) < 4.78 is 5.47. The van der Waals surface area contributed by atoms with E-state index in [1.54, 1.807) is 72.8 Å². The van der Waals surface area contributed by atoms with Gasteiger partial charge in [-0.1, -0.05) is 48.0 Å². The number of ether oxygens (including phenoxy) is 1. The number of esters is 1. The fourth-order valence-corrected chi connectivity index (χ4v) is 2.45. The molecule has 0 N–H and O–H groups in total. The lowest BCUT2D eigenvalue weighted by Gasteiger charge is -2.07. The van der Waals surface area contributed by atoms with E-state index in [-0.39, 0.29) is 5.78 Å². The van der Waals surface area contributed by atoms with Crippen molar-refractivity contribution < 1.29 is 14.3 Å². The smallest absolute Gasteiger partial charge is 0.343 e. The highest BCUT2D eigenvalue weighted by molar-refractivity contribution is 6.30. The Morgan fingerprint density at radius 3 is 2.15 bits per heavy atom. The Bertz CT molecular complexity index is 945.